The lowest BCUT2D eigenvalue weighted by Crippen LogP contribution is -2.50. The summed E-state index contributed by atoms with van der Waals surface area (Å²) in [6, 6.07) is 13.9. The van der Waals surface area contributed by atoms with Crippen molar-refractivity contribution in [3.63, 3.8) is 0 Å². The normalized spacial score (nSPS) is 15.1. The number of rotatable bonds is 6. The third-order valence-electron chi connectivity index (χ3n) is 5.28. The predicted molar refractivity (Wildman–Crippen MR) is 122 cm³/mol. The Bertz CT molecular complexity index is 1210. The van der Waals surface area contributed by atoms with Crippen molar-refractivity contribution in [2.75, 3.05) is 26.2 Å². The maximum absolute atomic E-state index is 12.9. The van der Waals surface area contributed by atoms with E-state index in [0.717, 1.165) is 5.56 Å². The number of halogens is 2. The first-order valence-corrected chi connectivity index (χ1v) is 12.3. The van der Waals surface area contributed by atoms with Crippen molar-refractivity contribution in [1.29, 1.82) is 0 Å². The molecule has 0 N–H and O–H groups in total. The number of sulfonamides is 1. The molecular formula is C22H21Cl2N3O4S. The summed E-state index contributed by atoms with van der Waals surface area (Å²) in [5, 5.41) is 0.478. The van der Waals surface area contributed by atoms with Gasteiger partial charge in [0.25, 0.3) is 0 Å². The summed E-state index contributed by atoms with van der Waals surface area (Å²) in [5.74, 6) is 1.10. The second-order valence-corrected chi connectivity index (χ2v) is 10.1. The van der Waals surface area contributed by atoms with Gasteiger partial charge in [-0.3, -0.25) is 4.79 Å². The van der Waals surface area contributed by atoms with Crippen LogP contribution in [0.2, 0.25) is 10.0 Å². The fourth-order valence-electron chi connectivity index (χ4n) is 3.50. The summed E-state index contributed by atoms with van der Waals surface area (Å²) in [5.41, 5.74) is 0.928. The van der Waals surface area contributed by atoms with E-state index in [2.05, 4.69) is 4.98 Å². The summed E-state index contributed by atoms with van der Waals surface area (Å²) in [6.07, 6.45) is 2.28. The van der Waals surface area contributed by atoms with Gasteiger partial charge in [-0.1, -0.05) is 53.5 Å². The number of amides is 1. The molecule has 0 bridgehead atoms. The minimum absolute atomic E-state index is 0.0592. The fourth-order valence-corrected chi connectivity index (χ4v) is 5.31. The Labute approximate surface area is 196 Å². The molecule has 0 saturated carbocycles. The molecule has 3 aromatic rings. The molecular weight excluding hydrogens is 473 g/mol. The van der Waals surface area contributed by atoms with Crippen molar-refractivity contribution in [3.8, 4) is 11.3 Å². The van der Waals surface area contributed by atoms with Crippen LogP contribution in [-0.4, -0.2) is 54.7 Å². The zero-order valence-electron chi connectivity index (χ0n) is 17.1. The molecule has 0 atom stereocenters. The molecule has 0 aliphatic carbocycles. The number of carbonyl (C=O) groups excluding carboxylic acids is 1. The van der Waals surface area contributed by atoms with E-state index in [1.54, 1.807) is 11.1 Å². The first-order valence-electron chi connectivity index (χ1n) is 10.1. The average molecular weight is 494 g/mol. The van der Waals surface area contributed by atoms with Gasteiger partial charge in [-0.2, -0.15) is 4.31 Å². The summed E-state index contributed by atoms with van der Waals surface area (Å²) in [6.45, 7) is 1.07. The number of benzene rings is 2. The van der Waals surface area contributed by atoms with Gasteiger partial charge in [0.1, 0.15) is 0 Å². The van der Waals surface area contributed by atoms with Crippen molar-refractivity contribution in [1.82, 2.24) is 14.2 Å². The standard InChI is InChI=1S/C22H21Cl2N3O4S/c23-18-7-6-17(14-19(18)24)32(29,30)27-12-10-26(11-13-27)22(28)9-8-21-25-15-20(31-21)16-4-2-1-3-5-16/h1-7,14-15H,8-13H2. The Balaban J connectivity index is 1.31. The minimum Gasteiger partial charge on any atom is -0.441 e. The lowest BCUT2D eigenvalue weighted by atomic mass is 10.2. The largest absolute Gasteiger partial charge is 0.441 e. The quantitative estimate of drug-likeness (QED) is 0.515. The van der Waals surface area contributed by atoms with Crippen LogP contribution in [-0.2, 0) is 21.2 Å². The predicted octanol–water partition coefficient (Wildman–Crippen LogP) is 4.11. The average Bonchev–Trinajstić information content (AvgIpc) is 3.29. The lowest BCUT2D eigenvalue weighted by molar-refractivity contribution is -0.132. The maximum Gasteiger partial charge on any atom is 0.243 e. The molecule has 2 aromatic carbocycles. The Kier molecular flexibility index (Phi) is 6.85. The van der Waals surface area contributed by atoms with Gasteiger partial charge in [-0.15, -0.1) is 0 Å². The molecule has 0 spiro atoms. The Morgan fingerprint density at radius 3 is 2.41 bits per heavy atom. The van der Waals surface area contributed by atoms with Gasteiger partial charge in [0.05, 0.1) is 21.1 Å². The zero-order chi connectivity index (χ0) is 22.7. The van der Waals surface area contributed by atoms with Crippen LogP contribution in [0.1, 0.15) is 12.3 Å². The Morgan fingerprint density at radius 2 is 1.72 bits per heavy atom. The van der Waals surface area contributed by atoms with Crippen molar-refractivity contribution in [2.24, 2.45) is 0 Å². The molecule has 1 saturated heterocycles. The number of hydrogen-bond acceptors (Lipinski definition) is 5. The molecule has 1 aliphatic heterocycles. The number of aromatic nitrogens is 1. The highest BCUT2D eigenvalue weighted by Gasteiger charge is 2.30. The Morgan fingerprint density at radius 1 is 1.00 bits per heavy atom. The van der Waals surface area contributed by atoms with Crippen LogP contribution in [0.25, 0.3) is 11.3 Å². The highest BCUT2D eigenvalue weighted by molar-refractivity contribution is 7.89. The number of carbonyl (C=O) groups is 1. The van der Waals surface area contributed by atoms with Crippen LogP contribution in [0.3, 0.4) is 0 Å². The van der Waals surface area contributed by atoms with Gasteiger partial charge >= 0.3 is 0 Å². The molecule has 1 aliphatic rings. The second-order valence-electron chi connectivity index (χ2n) is 7.35. The van der Waals surface area contributed by atoms with Crippen molar-refractivity contribution >= 4 is 39.1 Å². The van der Waals surface area contributed by atoms with Gasteiger partial charge in [-0.05, 0) is 18.2 Å². The zero-order valence-corrected chi connectivity index (χ0v) is 19.4. The van der Waals surface area contributed by atoms with Crippen LogP contribution in [0, 0.1) is 0 Å². The topological polar surface area (TPSA) is 83.7 Å². The summed E-state index contributed by atoms with van der Waals surface area (Å²) >= 11 is 11.8. The number of nitrogens with zero attached hydrogens (tertiary/aromatic N) is 3. The van der Waals surface area contributed by atoms with Crippen LogP contribution >= 0.6 is 23.2 Å². The molecule has 4 rings (SSSR count). The van der Waals surface area contributed by atoms with E-state index in [-0.39, 0.29) is 35.3 Å². The van der Waals surface area contributed by atoms with Crippen LogP contribution in [0.4, 0.5) is 0 Å². The van der Waals surface area contributed by atoms with Gasteiger partial charge < -0.3 is 9.32 Å². The molecule has 168 valence electrons. The highest BCUT2D eigenvalue weighted by atomic mass is 35.5. The molecule has 32 heavy (non-hydrogen) atoms. The van der Waals surface area contributed by atoms with E-state index < -0.39 is 10.0 Å². The van der Waals surface area contributed by atoms with Crippen molar-refractivity contribution < 1.29 is 17.6 Å². The summed E-state index contributed by atoms with van der Waals surface area (Å²) in [7, 11) is -3.70. The van der Waals surface area contributed by atoms with Gasteiger partial charge in [-0.25, -0.2) is 13.4 Å². The SMILES string of the molecule is O=C(CCc1ncc(-c2ccccc2)o1)N1CCN(S(=O)(=O)c2ccc(Cl)c(Cl)c2)CC1. The molecule has 0 radical (unpaired) electrons. The van der Waals surface area contributed by atoms with Crippen molar-refractivity contribution in [2.45, 2.75) is 17.7 Å². The van der Waals surface area contributed by atoms with Crippen molar-refractivity contribution in [3.05, 3.63) is 70.7 Å². The number of oxazole rings is 1. The lowest BCUT2D eigenvalue weighted by Gasteiger charge is -2.34. The highest BCUT2D eigenvalue weighted by Crippen LogP contribution is 2.27. The third kappa shape index (κ3) is 4.99. The molecule has 10 heteroatoms. The second kappa shape index (κ2) is 9.62. The molecule has 1 amide bonds. The molecule has 1 fully saturated rings. The van der Waals surface area contributed by atoms with Gasteiger partial charge in [0.15, 0.2) is 11.7 Å². The molecule has 0 unspecified atom stereocenters. The third-order valence-corrected chi connectivity index (χ3v) is 7.92. The first-order chi connectivity index (χ1) is 15.3. The van der Waals surface area contributed by atoms with E-state index in [1.807, 2.05) is 30.3 Å². The van der Waals surface area contributed by atoms with E-state index in [0.29, 0.717) is 36.2 Å². The van der Waals surface area contributed by atoms with Crippen LogP contribution < -0.4 is 0 Å². The van der Waals surface area contributed by atoms with Crippen LogP contribution in [0.5, 0.6) is 0 Å². The van der Waals surface area contributed by atoms with E-state index in [9.17, 15) is 13.2 Å². The molecule has 7 nitrogen and oxygen atoms in total. The van der Waals surface area contributed by atoms with E-state index >= 15 is 0 Å². The van der Waals surface area contributed by atoms with Gasteiger partial charge in [0, 0.05) is 44.6 Å². The van der Waals surface area contributed by atoms with E-state index in [4.69, 9.17) is 27.6 Å². The fraction of sp³-hybridized carbons (Fsp3) is 0.273. The molecule has 1 aromatic heterocycles. The first kappa shape index (κ1) is 22.8. The monoisotopic (exact) mass is 493 g/mol. The molecule has 2 heterocycles. The summed E-state index contributed by atoms with van der Waals surface area (Å²) < 4.78 is 32.8. The number of piperazine rings is 1. The van der Waals surface area contributed by atoms with Crippen LogP contribution in [0.15, 0.2) is 64.0 Å². The maximum atomic E-state index is 12.9. The number of hydrogen-bond donors (Lipinski definition) is 0. The smallest absolute Gasteiger partial charge is 0.243 e. The number of aryl methyl sites for hydroxylation is 1. The minimum atomic E-state index is -3.70. The Hall–Kier alpha value is -2.39. The van der Waals surface area contributed by atoms with Gasteiger partial charge in [0.2, 0.25) is 15.9 Å². The summed E-state index contributed by atoms with van der Waals surface area (Å²) in [4.78, 5) is 18.6. The van der Waals surface area contributed by atoms with E-state index in [1.165, 1.54) is 22.5 Å².